The van der Waals surface area contributed by atoms with Crippen LogP contribution in [-0.2, 0) is 14.4 Å². The van der Waals surface area contributed by atoms with Crippen molar-refractivity contribution < 1.29 is 19.5 Å². The van der Waals surface area contributed by atoms with Crippen molar-refractivity contribution in [3.63, 3.8) is 0 Å². The zero-order chi connectivity index (χ0) is 28.8. The molecule has 0 fully saturated rings. The molecule has 0 aliphatic heterocycles. The monoisotopic (exact) mass is 536 g/mol. The molecular weight excluding hydrogens is 492 g/mol. The largest absolute Gasteiger partial charge is 0.394 e. The molecule has 0 aliphatic rings. The molecule has 3 atom stereocenters. The molecule has 1 aromatic heterocycles. The molecule has 11 heteroatoms. The number of nitrogens with one attached hydrogen (secondary N) is 4. The van der Waals surface area contributed by atoms with E-state index < -0.39 is 16.9 Å². The van der Waals surface area contributed by atoms with E-state index in [0.29, 0.717) is 24.6 Å². The van der Waals surface area contributed by atoms with E-state index in [9.17, 15) is 14.4 Å². The number of aliphatic hydroxyl groups excluding tert-OH is 1. The summed E-state index contributed by atoms with van der Waals surface area (Å²) in [5, 5.41) is 28.6. The molecule has 1 rings (SSSR count). The lowest BCUT2D eigenvalue weighted by atomic mass is 9.96. The Morgan fingerprint density at radius 1 is 1.11 bits per heavy atom. The molecule has 0 saturated carbocycles. The van der Waals surface area contributed by atoms with E-state index in [1.807, 2.05) is 59.1 Å². The van der Waals surface area contributed by atoms with Gasteiger partial charge in [0.25, 0.3) is 0 Å². The highest BCUT2D eigenvalue weighted by Gasteiger charge is 2.23. The number of anilines is 2. The van der Waals surface area contributed by atoms with E-state index in [1.165, 1.54) is 6.92 Å². The van der Waals surface area contributed by atoms with Crippen LogP contribution in [0.2, 0.25) is 0 Å². The quantitative estimate of drug-likeness (QED) is 0.289. The summed E-state index contributed by atoms with van der Waals surface area (Å²) < 4.78 is 0. The Labute approximate surface area is 225 Å². The van der Waals surface area contributed by atoms with Gasteiger partial charge in [0.05, 0.1) is 23.5 Å². The number of rotatable bonds is 11. The number of hydrogen-bond acceptors (Lipinski definition) is 8. The minimum absolute atomic E-state index is 0.0581. The topological polar surface area (TPSA) is 156 Å². The second-order valence-corrected chi connectivity index (χ2v) is 11.4. The highest BCUT2D eigenvalue weighted by atomic mass is 32.2. The summed E-state index contributed by atoms with van der Waals surface area (Å²) in [6, 6.07) is 7.35. The summed E-state index contributed by atoms with van der Waals surface area (Å²) in [4.78, 5) is 39.6. The van der Waals surface area contributed by atoms with Gasteiger partial charge in [-0.15, -0.1) is 0 Å². The van der Waals surface area contributed by atoms with E-state index in [2.05, 4.69) is 26.3 Å². The van der Waals surface area contributed by atoms with Crippen molar-refractivity contribution in [1.82, 2.24) is 15.6 Å². The number of aromatic nitrogens is 1. The Bertz CT molecular complexity index is 926. The van der Waals surface area contributed by atoms with Gasteiger partial charge >= 0.3 is 0 Å². The van der Waals surface area contributed by atoms with Gasteiger partial charge in [-0.2, -0.15) is 17.0 Å². The summed E-state index contributed by atoms with van der Waals surface area (Å²) in [6.45, 7) is 14.9. The van der Waals surface area contributed by atoms with E-state index in [1.54, 1.807) is 31.7 Å². The molecule has 0 aliphatic carbocycles. The molecule has 0 radical (unpaired) electrons. The van der Waals surface area contributed by atoms with Gasteiger partial charge in [0.1, 0.15) is 17.6 Å². The smallest absolute Gasteiger partial charge is 0.237 e. The predicted molar refractivity (Wildman–Crippen MR) is 150 cm³/mol. The molecule has 1 aromatic rings. The summed E-state index contributed by atoms with van der Waals surface area (Å²) in [5.74, 6) is 0.149. The number of carbonyl (C=O) groups excluding carboxylic acids is 3. The first-order chi connectivity index (χ1) is 17.1. The number of thioether (sulfide) groups is 1. The Hall–Kier alpha value is -2.84. The van der Waals surface area contributed by atoms with Crippen molar-refractivity contribution in [2.45, 2.75) is 78.6 Å². The van der Waals surface area contributed by atoms with Gasteiger partial charge in [0.2, 0.25) is 17.7 Å². The number of pyridine rings is 1. The molecule has 3 amide bonds. The fourth-order valence-electron chi connectivity index (χ4n) is 2.66. The standard InChI is InChI=1S/C18H30N4O2S.C8H14N2O2/c1-7-19-16(23)13(25-6)11-12(2)20-14-9-8-10-15(21-14)22-17(24)18(3,4)5;1-6(4-9)7(12)10-8(2,3)5-11/h8-10,12-13H,7,11H2,1-6H3,(H,19,23)(H2,20,21,22,24);6,11H,5H2,1-3H3,(H,10,12). The van der Waals surface area contributed by atoms with Crippen LogP contribution in [0.25, 0.3) is 0 Å². The third-order valence-electron chi connectivity index (χ3n) is 5.01. The lowest BCUT2D eigenvalue weighted by Crippen LogP contribution is -2.48. The maximum Gasteiger partial charge on any atom is 0.237 e. The molecule has 5 N–H and O–H groups in total. The molecule has 0 spiro atoms. The normalized spacial score (nSPS) is 13.5. The highest BCUT2D eigenvalue weighted by Crippen LogP contribution is 2.19. The number of carbonyl (C=O) groups is 3. The maximum absolute atomic E-state index is 12.1. The first-order valence-electron chi connectivity index (χ1n) is 12.3. The number of amides is 3. The summed E-state index contributed by atoms with van der Waals surface area (Å²) in [5.41, 5.74) is -1.13. The number of hydrogen-bond donors (Lipinski definition) is 5. The van der Waals surface area contributed by atoms with Crippen molar-refractivity contribution in [1.29, 1.82) is 5.26 Å². The van der Waals surface area contributed by atoms with E-state index in [4.69, 9.17) is 10.4 Å². The van der Waals surface area contributed by atoms with Gasteiger partial charge in [-0.3, -0.25) is 14.4 Å². The lowest BCUT2D eigenvalue weighted by molar-refractivity contribution is -0.125. The zero-order valence-corrected chi connectivity index (χ0v) is 24.4. The zero-order valence-electron chi connectivity index (χ0n) is 23.6. The summed E-state index contributed by atoms with van der Waals surface area (Å²) in [6.07, 6.45) is 2.63. The lowest BCUT2D eigenvalue weighted by Gasteiger charge is -2.23. The van der Waals surface area contributed by atoms with Crippen LogP contribution >= 0.6 is 11.8 Å². The van der Waals surface area contributed by atoms with Gasteiger partial charge in [0, 0.05) is 18.0 Å². The molecule has 1 heterocycles. The number of aliphatic hydroxyl groups is 1. The molecule has 0 saturated heterocycles. The second kappa shape index (κ2) is 16.1. The van der Waals surface area contributed by atoms with Crippen LogP contribution < -0.4 is 21.3 Å². The Morgan fingerprint density at radius 3 is 2.19 bits per heavy atom. The number of nitrogens with zero attached hydrogens (tertiary/aromatic N) is 2. The van der Waals surface area contributed by atoms with Crippen molar-refractivity contribution in [3.8, 4) is 6.07 Å². The van der Waals surface area contributed by atoms with Gasteiger partial charge in [-0.05, 0) is 59.4 Å². The third kappa shape index (κ3) is 13.9. The second-order valence-electron chi connectivity index (χ2n) is 10.4. The van der Waals surface area contributed by atoms with Crippen LogP contribution in [-0.4, -0.2) is 64.1 Å². The highest BCUT2D eigenvalue weighted by molar-refractivity contribution is 7.99. The predicted octanol–water partition coefficient (Wildman–Crippen LogP) is 3.16. The molecule has 208 valence electrons. The van der Waals surface area contributed by atoms with Gasteiger partial charge < -0.3 is 26.4 Å². The van der Waals surface area contributed by atoms with E-state index >= 15 is 0 Å². The Balaban J connectivity index is 0.000000908. The maximum atomic E-state index is 12.1. The average Bonchev–Trinajstić information content (AvgIpc) is 2.81. The average molecular weight is 537 g/mol. The van der Waals surface area contributed by atoms with Crippen molar-refractivity contribution in [2.24, 2.45) is 11.3 Å². The summed E-state index contributed by atoms with van der Waals surface area (Å²) in [7, 11) is 0. The van der Waals surface area contributed by atoms with Gasteiger partial charge in [-0.25, -0.2) is 4.98 Å². The van der Waals surface area contributed by atoms with Crippen LogP contribution in [0.1, 0.15) is 61.8 Å². The SMILES string of the molecule is CC(C#N)C(=O)NC(C)(C)CO.CCNC(=O)C(CC(C)Nc1cccc(NC(=O)C(C)(C)C)n1)SC. The first kappa shape index (κ1) is 34.2. The minimum atomic E-state index is -0.671. The molecule has 10 nitrogen and oxygen atoms in total. The Kier molecular flexibility index (Phi) is 14.9. The van der Waals surface area contributed by atoms with Gasteiger partial charge in [0.15, 0.2) is 0 Å². The molecule has 37 heavy (non-hydrogen) atoms. The Morgan fingerprint density at radius 2 is 1.70 bits per heavy atom. The fourth-order valence-corrected chi connectivity index (χ4v) is 3.44. The molecule has 0 bridgehead atoms. The molecule has 0 aromatic carbocycles. The van der Waals surface area contributed by atoms with Crippen molar-refractivity contribution >= 4 is 41.1 Å². The summed E-state index contributed by atoms with van der Waals surface area (Å²) >= 11 is 1.54. The van der Waals surface area contributed by atoms with Crippen molar-refractivity contribution in [2.75, 3.05) is 30.0 Å². The van der Waals surface area contributed by atoms with Crippen LogP contribution in [0.5, 0.6) is 0 Å². The molecule has 3 unspecified atom stereocenters. The van der Waals surface area contributed by atoms with Crippen LogP contribution in [0.3, 0.4) is 0 Å². The fraction of sp³-hybridized carbons (Fsp3) is 0.654. The molecular formula is C26H44N6O4S. The first-order valence-corrected chi connectivity index (χ1v) is 13.6. The van der Waals surface area contributed by atoms with E-state index in [0.717, 1.165) is 0 Å². The van der Waals surface area contributed by atoms with Crippen molar-refractivity contribution in [3.05, 3.63) is 18.2 Å². The van der Waals surface area contributed by atoms with Gasteiger partial charge in [-0.1, -0.05) is 26.8 Å². The van der Waals surface area contributed by atoms with E-state index in [-0.39, 0.29) is 35.6 Å². The van der Waals surface area contributed by atoms with Crippen LogP contribution in [0, 0.1) is 22.7 Å². The van der Waals surface area contributed by atoms with Crippen LogP contribution in [0.4, 0.5) is 11.6 Å². The third-order valence-corrected chi connectivity index (χ3v) is 5.98. The minimum Gasteiger partial charge on any atom is -0.394 e. The van der Waals surface area contributed by atoms with Crippen LogP contribution in [0.15, 0.2) is 18.2 Å². The number of nitriles is 1.